The maximum atomic E-state index is 11.1. The molecule has 0 heterocycles. The first-order valence-corrected chi connectivity index (χ1v) is 7.83. The number of phenols is 1. The highest BCUT2D eigenvalue weighted by Gasteiger charge is 2.12. The van der Waals surface area contributed by atoms with E-state index in [1.807, 2.05) is 43.3 Å². The quantitative estimate of drug-likeness (QED) is 0.424. The first kappa shape index (κ1) is 16.6. The Bertz CT molecular complexity index is 957. The second-order valence-corrected chi connectivity index (χ2v) is 5.59. The molecule has 25 heavy (non-hydrogen) atoms. The normalized spacial score (nSPS) is 11.4. The molecule has 0 spiro atoms. The monoisotopic (exact) mass is 334 g/mol. The number of rotatable bonds is 5. The number of fused-ring (bicyclic) bond motifs is 1. The lowest BCUT2D eigenvalue weighted by Crippen LogP contribution is -1.99. The van der Waals surface area contributed by atoms with E-state index in [-0.39, 0.29) is 5.75 Å². The number of hydrogen-bond donors (Lipinski definition) is 1. The summed E-state index contributed by atoms with van der Waals surface area (Å²) in [5.74, 6) is 1.41. The van der Waals surface area contributed by atoms with Crippen LogP contribution in [0.1, 0.15) is 11.1 Å². The van der Waals surface area contributed by atoms with Crippen LogP contribution in [0, 0.1) is 6.92 Å². The molecule has 4 heteroatoms. The molecule has 0 unspecified atom stereocenters. The number of aromatic hydroxyl groups is 1. The highest BCUT2D eigenvalue weighted by molar-refractivity contribution is 5.91. The van der Waals surface area contributed by atoms with Crippen molar-refractivity contribution in [3.63, 3.8) is 0 Å². The van der Waals surface area contributed by atoms with Gasteiger partial charge in [-0.2, -0.15) is 0 Å². The van der Waals surface area contributed by atoms with E-state index in [2.05, 4.69) is 0 Å². The predicted octanol–water partition coefficient (Wildman–Crippen LogP) is 4.48. The summed E-state index contributed by atoms with van der Waals surface area (Å²) in [5, 5.41) is 11.8. The average Bonchev–Trinajstić information content (AvgIpc) is 2.64. The number of carbonyl (C=O) groups excluding carboxylic acids is 1. The molecule has 0 aliphatic carbocycles. The molecule has 3 aromatic rings. The van der Waals surface area contributed by atoms with E-state index in [4.69, 9.17) is 9.47 Å². The molecule has 0 aliphatic heterocycles. The zero-order chi connectivity index (χ0) is 17.8. The maximum absolute atomic E-state index is 11.1. The smallest absolute Gasteiger partial charge is 0.161 e. The Morgan fingerprint density at radius 1 is 1.08 bits per heavy atom. The summed E-state index contributed by atoms with van der Waals surface area (Å²) in [6, 6.07) is 16.7. The van der Waals surface area contributed by atoms with Crippen molar-refractivity contribution in [1.29, 1.82) is 0 Å². The van der Waals surface area contributed by atoms with Crippen LogP contribution in [0.4, 0.5) is 0 Å². The molecule has 0 atom stereocenters. The van der Waals surface area contributed by atoms with Gasteiger partial charge in [-0.15, -0.1) is 0 Å². The summed E-state index contributed by atoms with van der Waals surface area (Å²) in [6.07, 6.45) is 2.03. The van der Waals surface area contributed by atoms with E-state index in [1.165, 1.54) is 19.3 Å². The van der Waals surface area contributed by atoms with Gasteiger partial charge in [0.15, 0.2) is 11.5 Å². The third-order valence-electron chi connectivity index (χ3n) is 3.97. The third-order valence-corrected chi connectivity index (χ3v) is 3.97. The van der Waals surface area contributed by atoms with Gasteiger partial charge < -0.3 is 14.6 Å². The molecule has 0 saturated carbocycles. The van der Waals surface area contributed by atoms with E-state index in [1.54, 1.807) is 12.1 Å². The molecular formula is C21H18O4. The predicted molar refractivity (Wildman–Crippen MR) is 98.0 cm³/mol. The fraction of sp³-hybridized carbons (Fsp3) is 0.0952. The summed E-state index contributed by atoms with van der Waals surface area (Å²) in [6.45, 7) is 1.96. The Morgan fingerprint density at radius 3 is 2.64 bits per heavy atom. The molecular weight excluding hydrogens is 316 g/mol. The van der Waals surface area contributed by atoms with Gasteiger partial charge in [0, 0.05) is 17.0 Å². The van der Waals surface area contributed by atoms with Crippen LogP contribution in [0.25, 0.3) is 16.5 Å². The summed E-state index contributed by atoms with van der Waals surface area (Å²) >= 11 is 0. The number of benzene rings is 3. The Morgan fingerprint density at radius 2 is 1.88 bits per heavy atom. The lowest BCUT2D eigenvalue weighted by molar-refractivity contribution is -0.104. The minimum Gasteiger partial charge on any atom is -0.504 e. The van der Waals surface area contributed by atoms with E-state index < -0.39 is 0 Å². The van der Waals surface area contributed by atoms with Crippen LogP contribution in [0.3, 0.4) is 0 Å². The molecule has 3 rings (SSSR count). The van der Waals surface area contributed by atoms with Gasteiger partial charge in [-0.3, -0.25) is 4.79 Å². The highest BCUT2D eigenvalue weighted by Crippen LogP contribution is 2.34. The summed E-state index contributed by atoms with van der Waals surface area (Å²) in [5.41, 5.74) is 1.59. The molecule has 0 saturated heterocycles. The SMILES string of the molecule is COc1cc(/C(=C/C=O)Oc2c(C)ccc3ccccc23)ccc1O. The van der Waals surface area contributed by atoms with E-state index in [0.29, 0.717) is 29.1 Å². The van der Waals surface area contributed by atoms with Crippen LogP contribution < -0.4 is 9.47 Å². The number of phenolic OH excluding ortho intramolecular Hbond substituents is 1. The van der Waals surface area contributed by atoms with Crippen molar-refractivity contribution < 1.29 is 19.4 Å². The van der Waals surface area contributed by atoms with Gasteiger partial charge in [0.05, 0.1) is 7.11 Å². The first-order chi connectivity index (χ1) is 12.1. The standard InChI is InChI=1S/C21H18O4/c1-14-7-8-15-5-3-4-6-17(15)21(14)25-19(11-12-22)16-9-10-18(23)20(13-16)24-2/h3-13,23H,1-2H3/b19-11-. The molecule has 0 aromatic heterocycles. The van der Waals surface area contributed by atoms with Crippen LogP contribution in [0.5, 0.6) is 17.2 Å². The third kappa shape index (κ3) is 3.33. The zero-order valence-corrected chi connectivity index (χ0v) is 14.0. The van der Waals surface area contributed by atoms with Crippen molar-refractivity contribution in [1.82, 2.24) is 0 Å². The lowest BCUT2D eigenvalue weighted by atomic mass is 10.1. The lowest BCUT2D eigenvalue weighted by Gasteiger charge is -2.15. The number of allylic oxidation sites excluding steroid dienone is 1. The van der Waals surface area contributed by atoms with Crippen molar-refractivity contribution in [2.24, 2.45) is 0 Å². The minimum atomic E-state index is 0.0260. The van der Waals surface area contributed by atoms with Crippen LogP contribution in [-0.4, -0.2) is 18.5 Å². The van der Waals surface area contributed by atoms with Crippen molar-refractivity contribution >= 4 is 22.8 Å². The second-order valence-electron chi connectivity index (χ2n) is 5.59. The fourth-order valence-corrected chi connectivity index (χ4v) is 2.68. The van der Waals surface area contributed by atoms with Crippen molar-refractivity contribution in [2.45, 2.75) is 6.92 Å². The fourth-order valence-electron chi connectivity index (χ4n) is 2.68. The molecule has 1 N–H and O–H groups in total. The Labute approximate surface area is 145 Å². The van der Waals surface area contributed by atoms with Gasteiger partial charge in [-0.05, 0) is 36.1 Å². The van der Waals surface area contributed by atoms with Gasteiger partial charge in [-0.1, -0.05) is 36.4 Å². The van der Waals surface area contributed by atoms with Gasteiger partial charge >= 0.3 is 0 Å². The topological polar surface area (TPSA) is 55.8 Å². The summed E-state index contributed by atoms with van der Waals surface area (Å²) < 4.78 is 11.3. The van der Waals surface area contributed by atoms with Crippen molar-refractivity contribution in [3.8, 4) is 17.2 Å². The van der Waals surface area contributed by atoms with Crippen molar-refractivity contribution in [2.75, 3.05) is 7.11 Å². The van der Waals surface area contributed by atoms with Gasteiger partial charge in [0.1, 0.15) is 17.8 Å². The Hall–Kier alpha value is -3.27. The summed E-state index contributed by atoms with van der Waals surface area (Å²) in [4.78, 5) is 11.1. The molecule has 0 aliphatic rings. The molecule has 126 valence electrons. The van der Waals surface area contributed by atoms with Crippen molar-refractivity contribution in [3.05, 3.63) is 71.8 Å². The second kappa shape index (κ2) is 7.09. The maximum Gasteiger partial charge on any atom is 0.161 e. The molecule has 4 nitrogen and oxygen atoms in total. The first-order valence-electron chi connectivity index (χ1n) is 7.83. The molecule has 0 radical (unpaired) electrons. The van der Waals surface area contributed by atoms with E-state index in [0.717, 1.165) is 16.3 Å². The van der Waals surface area contributed by atoms with Gasteiger partial charge in [0.2, 0.25) is 0 Å². The average molecular weight is 334 g/mol. The minimum absolute atomic E-state index is 0.0260. The highest BCUT2D eigenvalue weighted by atomic mass is 16.5. The Balaban J connectivity index is 2.09. The van der Waals surface area contributed by atoms with Crippen LogP contribution in [0.15, 0.2) is 60.7 Å². The largest absolute Gasteiger partial charge is 0.504 e. The molecule has 0 fully saturated rings. The molecule has 0 bridgehead atoms. The van der Waals surface area contributed by atoms with E-state index >= 15 is 0 Å². The summed E-state index contributed by atoms with van der Waals surface area (Å²) in [7, 11) is 1.47. The zero-order valence-electron chi connectivity index (χ0n) is 14.0. The molecule has 3 aromatic carbocycles. The van der Waals surface area contributed by atoms with Gasteiger partial charge in [0.25, 0.3) is 0 Å². The van der Waals surface area contributed by atoms with Crippen LogP contribution in [-0.2, 0) is 4.79 Å². The Kier molecular flexibility index (Phi) is 4.70. The number of methoxy groups -OCH3 is 1. The number of aryl methyl sites for hydroxylation is 1. The molecule has 0 amide bonds. The van der Waals surface area contributed by atoms with Crippen LogP contribution >= 0.6 is 0 Å². The number of hydrogen-bond acceptors (Lipinski definition) is 4. The number of ether oxygens (including phenoxy) is 2. The number of aldehydes is 1. The van der Waals surface area contributed by atoms with E-state index in [9.17, 15) is 9.90 Å². The van der Waals surface area contributed by atoms with Gasteiger partial charge in [-0.25, -0.2) is 0 Å². The number of carbonyl (C=O) groups is 1. The van der Waals surface area contributed by atoms with Crippen LogP contribution in [0.2, 0.25) is 0 Å².